The molecule has 2 aromatic carbocycles. The van der Waals surface area contributed by atoms with E-state index in [2.05, 4.69) is 0 Å². The Labute approximate surface area is 193 Å². The Morgan fingerprint density at radius 3 is 2.32 bits per heavy atom. The molecule has 3 heterocycles. The molecule has 172 valence electrons. The number of ether oxygens (including phenoxy) is 1. The maximum absolute atomic E-state index is 13.9. The molecule has 3 aliphatic heterocycles. The van der Waals surface area contributed by atoms with Crippen molar-refractivity contribution >= 4 is 34.8 Å². The number of fused-ring (bicyclic) bond motifs is 6. The van der Waals surface area contributed by atoms with Gasteiger partial charge in [-0.3, -0.25) is 34.2 Å². The van der Waals surface area contributed by atoms with Crippen LogP contribution in [0.5, 0.6) is 5.75 Å². The lowest BCUT2D eigenvalue weighted by molar-refractivity contribution is -0.384. The van der Waals surface area contributed by atoms with Gasteiger partial charge in [0.15, 0.2) is 17.1 Å². The predicted molar refractivity (Wildman–Crippen MR) is 117 cm³/mol. The molecule has 2 amide bonds. The number of nitro benzene ring substituents is 1. The first-order chi connectivity index (χ1) is 16.3. The summed E-state index contributed by atoms with van der Waals surface area (Å²) in [5.41, 5.74) is -1.64. The van der Waals surface area contributed by atoms with Crippen LogP contribution >= 0.6 is 0 Å². The van der Waals surface area contributed by atoms with Crippen molar-refractivity contribution in [3.8, 4) is 5.75 Å². The number of nitro groups is 1. The molecule has 3 saturated heterocycles. The summed E-state index contributed by atoms with van der Waals surface area (Å²) in [5.74, 6) is -4.19. The number of benzene rings is 2. The van der Waals surface area contributed by atoms with E-state index < -0.39 is 51.7 Å². The van der Waals surface area contributed by atoms with Crippen LogP contribution in [-0.2, 0) is 9.59 Å². The second-order valence-corrected chi connectivity index (χ2v) is 9.00. The van der Waals surface area contributed by atoms with E-state index in [-0.39, 0.29) is 28.3 Å². The number of ketones is 2. The third-order valence-corrected chi connectivity index (χ3v) is 7.69. The van der Waals surface area contributed by atoms with Gasteiger partial charge in [-0.2, -0.15) is 0 Å². The normalized spacial score (nSPS) is 26.9. The molecule has 34 heavy (non-hydrogen) atoms. The summed E-state index contributed by atoms with van der Waals surface area (Å²) in [6.45, 7) is 0.434. The first kappa shape index (κ1) is 20.7. The van der Waals surface area contributed by atoms with Crippen LogP contribution in [0.25, 0.3) is 0 Å². The maximum atomic E-state index is 13.9. The summed E-state index contributed by atoms with van der Waals surface area (Å²) in [6, 6.07) is 9.69. The molecule has 3 atom stereocenters. The molecule has 0 aromatic heterocycles. The number of methoxy groups -OCH3 is 1. The summed E-state index contributed by atoms with van der Waals surface area (Å²) >= 11 is 0. The zero-order chi connectivity index (χ0) is 23.9. The van der Waals surface area contributed by atoms with E-state index in [1.54, 1.807) is 29.2 Å². The van der Waals surface area contributed by atoms with Crippen LogP contribution in [0.3, 0.4) is 0 Å². The van der Waals surface area contributed by atoms with E-state index in [4.69, 9.17) is 4.74 Å². The highest BCUT2D eigenvalue weighted by molar-refractivity contribution is 6.38. The molecule has 3 fully saturated rings. The molecule has 0 N–H and O–H groups in total. The Morgan fingerprint density at radius 2 is 1.71 bits per heavy atom. The number of nitrogens with zero attached hydrogens (tertiary/aromatic N) is 3. The third kappa shape index (κ3) is 2.23. The minimum atomic E-state index is -1.77. The number of hydrogen-bond acceptors (Lipinski definition) is 8. The standard InChI is InChI=1S/C24H19N3O7/c1-34-17-9-8-12(27(32)33)11-16(17)26-22(30)18-15-7-4-10-25(15)24(19(18)23(26)31)20(28)13-5-2-3-6-14(13)21(24)29/h2-3,5-6,8-9,11,15,18-19H,4,7,10H2,1H3/t15-,18-,19-/m1/s1. The Hall–Kier alpha value is -3.92. The van der Waals surface area contributed by atoms with Gasteiger partial charge in [-0.15, -0.1) is 0 Å². The minimum Gasteiger partial charge on any atom is -0.495 e. The summed E-state index contributed by atoms with van der Waals surface area (Å²) in [6.07, 6.45) is 1.26. The zero-order valence-electron chi connectivity index (χ0n) is 18.1. The average Bonchev–Trinajstić information content (AvgIpc) is 3.53. The van der Waals surface area contributed by atoms with Gasteiger partial charge in [0.1, 0.15) is 11.4 Å². The molecule has 0 bridgehead atoms. The van der Waals surface area contributed by atoms with Crippen molar-refractivity contribution in [3.63, 3.8) is 0 Å². The Morgan fingerprint density at radius 1 is 1.03 bits per heavy atom. The Bertz CT molecular complexity index is 1300. The van der Waals surface area contributed by atoms with E-state index in [1.165, 1.54) is 19.2 Å². The molecule has 10 nitrogen and oxygen atoms in total. The van der Waals surface area contributed by atoms with Gasteiger partial charge in [-0.1, -0.05) is 24.3 Å². The predicted octanol–water partition coefficient (Wildman–Crippen LogP) is 2.00. The number of carbonyl (C=O) groups excluding carboxylic acids is 4. The molecule has 1 spiro atoms. The number of anilines is 1. The van der Waals surface area contributed by atoms with Gasteiger partial charge in [0, 0.05) is 29.3 Å². The zero-order valence-corrected chi connectivity index (χ0v) is 18.1. The lowest BCUT2D eigenvalue weighted by atomic mass is 9.76. The molecule has 10 heteroatoms. The fourth-order valence-electron chi connectivity index (χ4n) is 6.44. The first-order valence-corrected chi connectivity index (χ1v) is 11.0. The first-order valence-electron chi connectivity index (χ1n) is 11.0. The number of hydrogen-bond donors (Lipinski definition) is 0. The Kier molecular flexibility index (Phi) is 4.13. The van der Waals surface area contributed by atoms with Crippen molar-refractivity contribution in [1.82, 2.24) is 4.90 Å². The SMILES string of the molecule is COc1ccc([N+](=O)[O-])cc1N1C(=O)[C@@H]2[C@H]3CCCN3C3(C(=O)c4ccccc4C3=O)[C@H]2C1=O. The van der Waals surface area contributed by atoms with Gasteiger partial charge >= 0.3 is 0 Å². The smallest absolute Gasteiger partial charge is 0.271 e. The molecule has 1 aliphatic carbocycles. The van der Waals surface area contributed by atoms with Crippen LogP contribution in [-0.4, -0.2) is 58.4 Å². The minimum absolute atomic E-state index is 0.0591. The number of carbonyl (C=O) groups is 4. The summed E-state index contributed by atoms with van der Waals surface area (Å²) < 4.78 is 5.29. The molecule has 0 radical (unpaired) electrons. The van der Waals surface area contributed by atoms with E-state index in [1.807, 2.05) is 0 Å². The van der Waals surface area contributed by atoms with Gasteiger partial charge < -0.3 is 4.74 Å². The monoisotopic (exact) mass is 461 g/mol. The maximum Gasteiger partial charge on any atom is 0.271 e. The van der Waals surface area contributed by atoms with E-state index >= 15 is 0 Å². The van der Waals surface area contributed by atoms with Gasteiger partial charge in [-0.25, -0.2) is 4.90 Å². The summed E-state index contributed by atoms with van der Waals surface area (Å²) in [5, 5.41) is 11.4. The van der Waals surface area contributed by atoms with E-state index in [9.17, 15) is 29.3 Å². The van der Waals surface area contributed by atoms with Crippen molar-refractivity contribution in [2.24, 2.45) is 11.8 Å². The highest BCUT2D eigenvalue weighted by Crippen LogP contribution is 2.57. The molecule has 0 unspecified atom stereocenters. The molecule has 4 aliphatic rings. The highest BCUT2D eigenvalue weighted by Gasteiger charge is 2.77. The third-order valence-electron chi connectivity index (χ3n) is 7.69. The number of amides is 2. The van der Waals surface area contributed by atoms with Crippen LogP contribution < -0.4 is 9.64 Å². The molecule has 2 aromatic rings. The van der Waals surface area contributed by atoms with Crippen molar-refractivity contribution in [1.29, 1.82) is 0 Å². The molecular weight excluding hydrogens is 442 g/mol. The van der Waals surface area contributed by atoms with E-state index in [0.717, 1.165) is 11.0 Å². The number of rotatable bonds is 3. The highest BCUT2D eigenvalue weighted by atomic mass is 16.6. The Balaban J connectivity index is 1.54. The molecule has 0 saturated carbocycles. The summed E-state index contributed by atoms with van der Waals surface area (Å²) in [4.78, 5) is 68.7. The second-order valence-electron chi connectivity index (χ2n) is 9.00. The van der Waals surface area contributed by atoms with Crippen LogP contribution in [0.4, 0.5) is 11.4 Å². The summed E-state index contributed by atoms with van der Waals surface area (Å²) in [7, 11) is 1.33. The van der Waals surface area contributed by atoms with Crippen LogP contribution in [0.2, 0.25) is 0 Å². The lowest BCUT2D eigenvalue weighted by Gasteiger charge is -2.35. The van der Waals surface area contributed by atoms with Gasteiger partial charge in [-0.05, 0) is 25.5 Å². The van der Waals surface area contributed by atoms with E-state index in [0.29, 0.717) is 19.4 Å². The fourth-order valence-corrected chi connectivity index (χ4v) is 6.44. The largest absolute Gasteiger partial charge is 0.495 e. The molecule has 6 rings (SSSR count). The topological polar surface area (TPSA) is 127 Å². The second kappa shape index (κ2) is 6.80. The van der Waals surface area contributed by atoms with Crippen LogP contribution in [0.1, 0.15) is 33.6 Å². The van der Waals surface area contributed by atoms with Crippen molar-refractivity contribution < 1.29 is 28.8 Å². The van der Waals surface area contributed by atoms with Crippen LogP contribution in [0.15, 0.2) is 42.5 Å². The van der Waals surface area contributed by atoms with Crippen molar-refractivity contribution in [2.75, 3.05) is 18.6 Å². The fraction of sp³-hybridized carbons (Fsp3) is 0.333. The quantitative estimate of drug-likeness (QED) is 0.294. The number of non-ortho nitro benzene ring substituents is 1. The van der Waals surface area contributed by atoms with Crippen molar-refractivity contribution in [3.05, 3.63) is 63.7 Å². The van der Waals surface area contributed by atoms with Crippen LogP contribution in [0, 0.1) is 22.0 Å². The van der Waals surface area contributed by atoms with Gasteiger partial charge in [0.25, 0.3) is 5.69 Å². The average molecular weight is 461 g/mol. The van der Waals surface area contributed by atoms with Gasteiger partial charge in [0.05, 0.1) is 23.9 Å². The number of Topliss-reactive ketones (excluding diaryl/α,β-unsaturated/α-hetero) is 2. The lowest BCUT2D eigenvalue weighted by Crippen LogP contribution is -2.59. The van der Waals surface area contributed by atoms with Crippen molar-refractivity contribution in [2.45, 2.75) is 24.4 Å². The van der Waals surface area contributed by atoms with Gasteiger partial charge in [0.2, 0.25) is 11.8 Å². The number of imide groups is 1. The molecular formula is C24H19N3O7.